The summed E-state index contributed by atoms with van der Waals surface area (Å²) >= 11 is 8.83. The fourth-order valence-corrected chi connectivity index (χ4v) is 6.75. The fraction of sp³-hybridized carbons (Fsp3) is 0.250. The molecule has 44 heavy (non-hydrogen) atoms. The van der Waals surface area contributed by atoms with Crippen LogP contribution in [0.2, 0.25) is 5.02 Å². The Morgan fingerprint density at radius 1 is 1.09 bits per heavy atom. The van der Waals surface area contributed by atoms with Gasteiger partial charge < -0.3 is 14.6 Å². The number of carbonyl (C=O) groups is 2. The Balaban J connectivity index is 1.55. The molecule has 0 saturated carbocycles. The number of hydrogen-bond donors (Lipinski definition) is 1. The van der Waals surface area contributed by atoms with Gasteiger partial charge in [0.1, 0.15) is 11.6 Å². The van der Waals surface area contributed by atoms with Crippen molar-refractivity contribution in [3.63, 3.8) is 0 Å². The number of rotatable bonds is 11. The van der Waals surface area contributed by atoms with Crippen LogP contribution in [0, 0.1) is 11.7 Å². The second-order valence-corrected chi connectivity index (χ2v) is 12.9. The van der Waals surface area contributed by atoms with Crippen LogP contribution in [0.15, 0.2) is 76.6 Å². The first-order chi connectivity index (χ1) is 21.2. The molecule has 0 radical (unpaired) electrons. The average Bonchev–Trinajstić information content (AvgIpc) is 3.58. The zero-order valence-corrected chi connectivity index (χ0v) is 26.5. The van der Waals surface area contributed by atoms with E-state index in [0.717, 1.165) is 23.3 Å². The summed E-state index contributed by atoms with van der Waals surface area (Å²) in [6, 6.07) is 16.5. The summed E-state index contributed by atoms with van der Waals surface area (Å²) in [6.45, 7) is 4.68. The van der Waals surface area contributed by atoms with Gasteiger partial charge in [0.25, 0.3) is 5.78 Å². The van der Waals surface area contributed by atoms with Crippen molar-refractivity contribution in [3.05, 3.63) is 99.8 Å². The molecular formula is C32H29ClFN3O5S2. The number of aliphatic hydroxyl groups excluding tert-OH is 1. The molecule has 2 heterocycles. The molecule has 1 amide bonds. The molecule has 3 aromatic carbocycles. The molecule has 0 spiro atoms. The first kappa shape index (κ1) is 31.5. The lowest BCUT2D eigenvalue weighted by atomic mass is 9.95. The third-order valence-electron chi connectivity index (χ3n) is 6.93. The van der Waals surface area contributed by atoms with Crippen LogP contribution in [-0.4, -0.2) is 40.7 Å². The minimum atomic E-state index is -1.08. The monoisotopic (exact) mass is 653 g/mol. The molecule has 4 aromatic rings. The largest absolute Gasteiger partial charge is 0.507 e. The standard InChI is InChI=1S/C32H29ClFN3O5S2/c1-18(2)14-15-42-24-13-10-20(16-25(24)41-3)27-26(28(38)19-8-11-22(34)12-9-19)29(39)30(40)37(27)31-35-36-32(44-31)43-17-21-6-4-5-7-23(21)33/h4-13,16,18,27,38H,14-15,17H2,1-3H3/b28-26-. The van der Waals surface area contributed by atoms with Crippen LogP contribution >= 0.6 is 34.7 Å². The van der Waals surface area contributed by atoms with Gasteiger partial charge in [-0.15, -0.1) is 10.2 Å². The van der Waals surface area contributed by atoms with Crippen molar-refractivity contribution in [3.8, 4) is 11.5 Å². The van der Waals surface area contributed by atoms with E-state index in [2.05, 4.69) is 24.0 Å². The number of nitrogens with zero attached hydrogens (tertiary/aromatic N) is 3. The zero-order chi connectivity index (χ0) is 31.4. The number of carbonyl (C=O) groups excluding carboxylic acids is 2. The van der Waals surface area contributed by atoms with Crippen LogP contribution in [0.4, 0.5) is 9.52 Å². The number of halogens is 2. The van der Waals surface area contributed by atoms with Gasteiger partial charge in [-0.25, -0.2) is 4.39 Å². The Hall–Kier alpha value is -3.93. The van der Waals surface area contributed by atoms with Crippen LogP contribution in [-0.2, 0) is 15.3 Å². The molecule has 1 N–H and O–H groups in total. The van der Waals surface area contributed by atoms with E-state index in [1.165, 1.54) is 48.0 Å². The molecule has 1 atom stereocenters. The SMILES string of the molecule is COc1cc(C2/C(=C(/O)c3ccc(F)cc3)C(=O)C(=O)N2c2nnc(SCc3ccccc3Cl)s2)ccc1OCCC(C)C. The summed E-state index contributed by atoms with van der Waals surface area (Å²) in [6.07, 6.45) is 0.844. The van der Waals surface area contributed by atoms with Gasteiger partial charge in [-0.05, 0) is 65.9 Å². The number of methoxy groups -OCH3 is 1. The summed E-state index contributed by atoms with van der Waals surface area (Å²) in [5, 5.41) is 20.6. The maximum atomic E-state index is 13.7. The van der Waals surface area contributed by atoms with Gasteiger partial charge in [0.15, 0.2) is 15.8 Å². The zero-order valence-electron chi connectivity index (χ0n) is 24.1. The number of thioether (sulfide) groups is 1. The summed E-state index contributed by atoms with van der Waals surface area (Å²) in [5.74, 6) is -0.866. The molecule has 1 aromatic heterocycles. The number of amides is 1. The van der Waals surface area contributed by atoms with E-state index in [1.807, 2.05) is 18.2 Å². The van der Waals surface area contributed by atoms with Crippen molar-refractivity contribution in [2.75, 3.05) is 18.6 Å². The minimum Gasteiger partial charge on any atom is -0.507 e. The second-order valence-electron chi connectivity index (χ2n) is 10.3. The highest BCUT2D eigenvalue weighted by atomic mass is 35.5. The maximum Gasteiger partial charge on any atom is 0.301 e. The van der Waals surface area contributed by atoms with Gasteiger partial charge >= 0.3 is 5.91 Å². The molecule has 8 nitrogen and oxygen atoms in total. The van der Waals surface area contributed by atoms with Gasteiger partial charge in [0.2, 0.25) is 5.13 Å². The number of ether oxygens (including phenoxy) is 2. The third-order valence-corrected chi connectivity index (χ3v) is 9.40. The predicted molar refractivity (Wildman–Crippen MR) is 170 cm³/mol. The van der Waals surface area contributed by atoms with E-state index in [-0.39, 0.29) is 16.3 Å². The molecular weight excluding hydrogens is 625 g/mol. The minimum absolute atomic E-state index is 0.169. The molecule has 1 aliphatic rings. The Morgan fingerprint density at radius 3 is 2.55 bits per heavy atom. The predicted octanol–water partition coefficient (Wildman–Crippen LogP) is 7.68. The molecule has 1 fully saturated rings. The summed E-state index contributed by atoms with van der Waals surface area (Å²) < 4.78 is 25.8. The van der Waals surface area contributed by atoms with E-state index in [0.29, 0.717) is 44.7 Å². The Labute approximate surface area is 267 Å². The van der Waals surface area contributed by atoms with Gasteiger partial charge in [0.05, 0.1) is 25.3 Å². The van der Waals surface area contributed by atoms with E-state index in [9.17, 15) is 19.1 Å². The van der Waals surface area contributed by atoms with Crippen LogP contribution in [0.5, 0.6) is 11.5 Å². The number of benzene rings is 3. The van der Waals surface area contributed by atoms with Gasteiger partial charge in [-0.3, -0.25) is 14.5 Å². The number of anilines is 1. The van der Waals surface area contributed by atoms with Crippen LogP contribution < -0.4 is 14.4 Å². The quantitative estimate of drug-likeness (QED) is 0.0578. The number of ketones is 1. The third kappa shape index (κ3) is 6.74. The van der Waals surface area contributed by atoms with Gasteiger partial charge in [0, 0.05) is 16.3 Å². The van der Waals surface area contributed by atoms with E-state index >= 15 is 0 Å². The van der Waals surface area contributed by atoms with Gasteiger partial charge in [-0.1, -0.05) is 72.8 Å². The highest BCUT2D eigenvalue weighted by Crippen LogP contribution is 2.45. The van der Waals surface area contributed by atoms with Crippen LogP contribution in [0.3, 0.4) is 0 Å². The summed E-state index contributed by atoms with van der Waals surface area (Å²) in [7, 11) is 1.50. The van der Waals surface area contributed by atoms with Crippen molar-refractivity contribution in [2.45, 2.75) is 36.4 Å². The Kier molecular flexibility index (Phi) is 9.87. The number of hydrogen-bond acceptors (Lipinski definition) is 9. The fourth-order valence-electron chi connectivity index (χ4n) is 4.60. The molecule has 228 valence electrons. The smallest absolute Gasteiger partial charge is 0.301 e. The molecule has 1 aliphatic heterocycles. The molecule has 5 rings (SSSR count). The Bertz CT molecular complexity index is 1710. The summed E-state index contributed by atoms with van der Waals surface area (Å²) in [4.78, 5) is 28.3. The Morgan fingerprint density at radius 2 is 1.84 bits per heavy atom. The lowest BCUT2D eigenvalue weighted by Crippen LogP contribution is -2.29. The molecule has 1 saturated heterocycles. The molecule has 0 aliphatic carbocycles. The normalized spacial score (nSPS) is 16.1. The van der Waals surface area contributed by atoms with Crippen molar-refractivity contribution in [1.29, 1.82) is 0 Å². The molecule has 12 heteroatoms. The second kappa shape index (κ2) is 13.8. The highest BCUT2D eigenvalue weighted by molar-refractivity contribution is 8.00. The van der Waals surface area contributed by atoms with Crippen molar-refractivity contribution >= 4 is 57.3 Å². The van der Waals surface area contributed by atoms with E-state index < -0.39 is 29.3 Å². The highest BCUT2D eigenvalue weighted by Gasteiger charge is 2.48. The van der Waals surface area contributed by atoms with E-state index in [4.69, 9.17) is 21.1 Å². The summed E-state index contributed by atoms with van der Waals surface area (Å²) in [5.41, 5.74) is 1.40. The number of aromatic nitrogens is 2. The first-order valence-electron chi connectivity index (χ1n) is 13.7. The van der Waals surface area contributed by atoms with Crippen molar-refractivity contribution in [2.24, 2.45) is 5.92 Å². The lowest BCUT2D eigenvalue weighted by molar-refractivity contribution is -0.132. The topological polar surface area (TPSA) is 102 Å². The van der Waals surface area contributed by atoms with Crippen LogP contribution in [0.25, 0.3) is 5.76 Å². The van der Waals surface area contributed by atoms with Crippen molar-refractivity contribution in [1.82, 2.24) is 10.2 Å². The number of aliphatic hydroxyl groups is 1. The van der Waals surface area contributed by atoms with Gasteiger partial charge in [-0.2, -0.15) is 0 Å². The maximum absolute atomic E-state index is 13.7. The van der Waals surface area contributed by atoms with Crippen LogP contribution in [0.1, 0.15) is 43.0 Å². The molecule has 1 unspecified atom stereocenters. The van der Waals surface area contributed by atoms with Crippen molar-refractivity contribution < 1.29 is 28.6 Å². The molecule has 0 bridgehead atoms. The first-order valence-corrected chi connectivity index (χ1v) is 15.9. The van der Waals surface area contributed by atoms with E-state index in [1.54, 1.807) is 24.3 Å². The average molecular weight is 654 g/mol. The lowest BCUT2D eigenvalue weighted by Gasteiger charge is -2.23. The number of Topliss-reactive ketones (excluding diaryl/α,β-unsaturated/α-hetero) is 1.